The van der Waals surface area contributed by atoms with E-state index in [0.717, 1.165) is 44.2 Å². The van der Waals surface area contributed by atoms with E-state index in [9.17, 15) is 22.8 Å². The Morgan fingerprint density at radius 1 is 1.12 bits per heavy atom. The van der Waals surface area contributed by atoms with Gasteiger partial charge in [-0.15, -0.1) is 0 Å². The topological polar surface area (TPSA) is 48.3 Å². The average Bonchev–Trinajstić information content (AvgIpc) is 3.03. The molecule has 4 saturated carbocycles. The van der Waals surface area contributed by atoms with Crippen molar-refractivity contribution in [2.75, 3.05) is 6.61 Å². The van der Waals surface area contributed by atoms with Crippen molar-refractivity contribution in [1.29, 1.82) is 0 Å². The summed E-state index contributed by atoms with van der Waals surface area (Å²) in [5, 5.41) is 0. The van der Waals surface area contributed by atoms with Crippen LogP contribution in [0.15, 0.2) is 30.3 Å². The van der Waals surface area contributed by atoms with Gasteiger partial charge in [0.15, 0.2) is 6.61 Å². The summed E-state index contributed by atoms with van der Waals surface area (Å²) in [7, 11) is 0. The lowest BCUT2D eigenvalue weighted by Gasteiger charge is -2.58. The van der Waals surface area contributed by atoms with Crippen molar-refractivity contribution in [3.8, 4) is 5.69 Å². The molecule has 182 valence electrons. The van der Waals surface area contributed by atoms with Gasteiger partial charge in [0.05, 0.1) is 11.0 Å². The van der Waals surface area contributed by atoms with E-state index in [0.29, 0.717) is 34.5 Å². The Morgan fingerprint density at radius 3 is 2.41 bits per heavy atom. The highest BCUT2D eigenvalue weighted by molar-refractivity contribution is 9.10. The maximum atomic E-state index is 13.2. The van der Waals surface area contributed by atoms with Gasteiger partial charge in [-0.3, -0.25) is 9.59 Å². The number of hydrogen-bond acceptors (Lipinski definition) is 3. The second-order valence-corrected chi connectivity index (χ2v) is 12.2. The number of aromatic nitrogens is 1. The zero-order chi connectivity index (χ0) is 24.5. The van der Waals surface area contributed by atoms with Crippen LogP contribution < -0.4 is 0 Å². The molecule has 34 heavy (non-hydrogen) atoms. The van der Waals surface area contributed by atoms with E-state index >= 15 is 0 Å². The molecule has 1 heterocycles. The molecule has 1 aromatic carbocycles. The molecule has 0 aliphatic heterocycles. The standard InChI is InChI=1S/C26H27BrF3NO3/c1-15-6-21(16(2)31(15)20-5-3-4-19(8-20)26(28,29)30)22(32)13-34-23(33)24-9-17-7-18(10-24)12-25(27,11-17)14-24/h3-6,8,17-18H,7,9-14H2,1-2H3/t17-,18-,24?,25?/m0/s1. The predicted molar refractivity (Wildman–Crippen MR) is 124 cm³/mol. The Hall–Kier alpha value is -2.09. The van der Waals surface area contributed by atoms with Crippen molar-refractivity contribution in [3.05, 3.63) is 52.8 Å². The number of benzene rings is 1. The fourth-order valence-corrected chi connectivity index (χ4v) is 8.47. The Kier molecular flexibility index (Phi) is 5.54. The average molecular weight is 538 g/mol. The number of halogens is 4. The fourth-order valence-electron chi connectivity index (χ4n) is 7.02. The molecule has 1 aromatic heterocycles. The number of carbonyl (C=O) groups excluding carboxylic acids is 2. The summed E-state index contributed by atoms with van der Waals surface area (Å²) in [5.74, 6) is 0.411. The number of hydrogen-bond donors (Lipinski definition) is 0. The molecule has 0 spiro atoms. The van der Waals surface area contributed by atoms with Gasteiger partial charge in [-0.25, -0.2) is 0 Å². The number of esters is 1. The minimum atomic E-state index is -4.46. The van der Waals surface area contributed by atoms with Gasteiger partial charge in [0, 0.05) is 27.0 Å². The number of alkyl halides is 4. The Bertz CT molecular complexity index is 1150. The minimum Gasteiger partial charge on any atom is -0.457 e. The van der Waals surface area contributed by atoms with Crippen LogP contribution >= 0.6 is 15.9 Å². The molecule has 0 N–H and O–H groups in total. The largest absolute Gasteiger partial charge is 0.457 e. The number of carbonyl (C=O) groups is 2. The normalized spacial score (nSPS) is 29.9. The van der Waals surface area contributed by atoms with Gasteiger partial charge in [-0.1, -0.05) is 22.0 Å². The Morgan fingerprint density at radius 2 is 1.79 bits per heavy atom. The lowest BCUT2D eigenvalue weighted by Crippen LogP contribution is -2.56. The van der Waals surface area contributed by atoms with E-state index < -0.39 is 17.2 Å². The fraction of sp³-hybridized carbons (Fsp3) is 0.538. The van der Waals surface area contributed by atoms with Crippen molar-refractivity contribution in [3.63, 3.8) is 0 Å². The summed E-state index contributed by atoms with van der Waals surface area (Å²) >= 11 is 3.89. The lowest BCUT2D eigenvalue weighted by molar-refractivity contribution is -0.168. The number of nitrogens with zero attached hydrogens (tertiary/aromatic N) is 1. The molecule has 8 heteroatoms. The van der Waals surface area contributed by atoms with E-state index in [1.807, 2.05) is 0 Å². The predicted octanol–water partition coefficient (Wildman–Crippen LogP) is 6.57. The maximum absolute atomic E-state index is 13.2. The first-order valence-electron chi connectivity index (χ1n) is 11.7. The third-order valence-corrected chi connectivity index (χ3v) is 8.85. The van der Waals surface area contributed by atoms with Crippen molar-refractivity contribution < 1.29 is 27.5 Å². The molecule has 0 saturated heterocycles. The molecule has 4 fully saturated rings. The van der Waals surface area contributed by atoms with Crippen LogP contribution in [0.25, 0.3) is 5.69 Å². The smallest absolute Gasteiger partial charge is 0.416 e. The molecule has 4 bridgehead atoms. The lowest BCUT2D eigenvalue weighted by atomic mass is 9.49. The molecule has 0 unspecified atom stereocenters. The van der Waals surface area contributed by atoms with Crippen LogP contribution in [0.2, 0.25) is 0 Å². The van der Waals surface area contributed by atoms with Gasteiger partial charge in [-0.05, 0) is 88.5 Å². The van der Waals surface area contributed by atoms with Gasteiger partial charge >= 0.3 is 12.1 Å². The van der Waals surface area contributed by atoms with Gasteiger partial charge in [0.25, 0.3) is 0 Å². The highest BCUT2D eigenvalue weighted by Gasteiger charge is 2.60. The van der Waals surface area contributed by atoms with E-state index in [4.69, 9.17) is 4.74 Å². The molecule has 0 amide bonds. The van der Waals surface area contributed by atoms with Crippen LogP contribution in [0.3, 0.4) is 0 Å². The van der Waals surface area contributed by atoms with E-state index in [-0.39, 0.29) is 22.7 Å². The van der Waals surface area contributed by atoms with Gasteiger partial charge < -0.3 is 9.30 Å². The first kappa shape index (κ1) is 23.6. The molecular weight excluding hydrogens is 511 g/mol. The summed E-state index contributed by atoms with van der Waals surface area (Å²) in [4.78, 5) is 26.2. The highest BCUT2D eigenvalue weighted by atomic mass is 79.9. The third-order valence-electron chi connectivity index (χ3n) is 7.92. The first-order chi connectivity index (χ1) is 15.9. The quantitative estimate of drug-likeness (QED) is 0.246. The van der Waals surface area contributed by atoms with Crippen molar-refractivity contribution >= 4 is 27.7 Å². The van der Waals surface area contributed by atoms with Crippen LogP contribution in [0.4, 0.5) is 13.2 Å². The first-order valence-corrected chi connectivity index (χ1v) is 12.4. The molecule has 6 rings (SSSR count). The second kappa shape index (κ2) is 7.97. The van der Waals surface area contributed by atoms with Crippen LogP contribution in [0, 0.1) is 31.1 Å². The summed E-state index contributed by atoms with van der Waals surface area (Å²) in [6.07, 6.45) is 1.32. The number of ketones is 1. The minimum absolute atomic E-state index is 0.00990. The van der Waals surface area contributed by atoms with Crippen molar-refractivity contribution in [2.24, 2.45) is 17.3 Å². The van der Waals surface area contributed by atoms with Gasteiger partial charge in [0.2, 0.25) is 5.78 Å². The van der Waals surface area contributed by atoms with Gasteiger partial charge in [0.1, 0.15) is 0 Å². The number of ether oxygens (including phenoxy) is 1. The maximum Gasteiger partial charge on any atom is 0.416 e. The summed E-state index contributed by atoms with van der Waals surface area (Å²) in [6, 6.07) is 6.65. The van der Waals surface area contributed by atoms with Crippen LogP contribution in [0.1, 0.15) is 65.8 Å². The highest BCUT2D eigenvalue weighted by Crippen LogP contribution is 2.64. The van der Waals surface area contributed by atoms with E-state index in [2.05, 4.69) is 15.9 Å². The number of rotatable bonds is 5. The van der Waals surface area contributed by atoms with Crippen molar-refractivity contribution in [2.45, 2.75) is 62.9 Å². The Labute approximate surface area is 205 Å². The van der Waals surface area contributed by atoms with Gasteiger partial charge in [-0.2, -0.15) is 13.2 Å². The number of aryl methyl sites for hydroxylation is 1. The molecule has 4 aliphatic rings. The van der Waals surface area contributed by atoms with E-state index in [1.165, 1.54) is 12.5 Å². The Balaban J connectivity index is 1.32. The van der Waals surface area contributed by atoms with Crippen LogP contribution in [-0.2, 0) is 15.7 Å². The zero-order valence-corrected chi connectivity index (χ0v) is 20.8. The molecule has 2 aromatic rings. The summed E-state index contributed by atoms with van der Waals surface area (Å²) < 4.78 is 46.7. The monoisotopic (exact) mass is 537 g/mol. The molecule has 2 atom stereocenters. The number of Topliss-reactive ketones (excluding diaryl/α,β-unsaturated/α-hetero) is 1. The summed E-state index contributed by atoms with van der Waals surface area (Å²) in [6.45, 7) is 3.06. The zero-order valence-electron chi connectivity index (χ0n) is 19.2. The third kappa shape index (κ3) is 4.01. The van der Waals surface area contributed by atoms with Crippen molar-refractivity contribution in [1.82, 2.24) is 4.57 Å². The van der Waals surface area contributed by atoms with E-state index in [1.54, 1.807) is 30.5 Å². The SMILES string of the molecule is Cc1cc(C(=O)COC(=O)C23C[C@@H]4C[C@H](CC(Br)(C4)C2)C3)c(C)n1-c1cccc(C(F)(F)F)c1. The van der Waals surface area contributed by atoms with Crippen LogP contribution in [0.5, 0.6) is 0 Å². The second-order valence-electron chi connectivity index (χ2n) is 10.6. The molecule has 4 nitrogen and oxygen atoms in total. The molecule has 0 radical (unpaired) electrons. The summed E-state index contributed by atoms with van der Waals surface area (Å²) in [5.41, 5.74) is 0.575. The molecular formula is C26H27BrF3NO3. The molecule has 4 aliphatic carbocycles. The van der Waals surface area contributed by atoms with Crippen LogP contribution in [-0.4, -0.2) is 27.3 Å².